The van der Waals surface area contributed by atoms with Crippen LogP contribution in [-0.4, -0.2) is 11.9 Å². The molecule has 192 valence electrons. The Hall–Kier alpha value is -2.25. The number of nitrogens with zero attached hydrogens (tertiary/aromatic N) is 2. The molecule has 0 bridgehead atoms. The molecule has 0 radical (unpaired) electrons. The van der Waals surface area contributed by atoms with E-state index in [4.69, 9.17) is 9.98 Å². The quantitative estimate of drug-likeness (QED) is 0.0920. The molecule has 2 nitrogen and oxygen atoms in total. The molecule has 0 spiro atoms. The smallest absolute Gasteiger partial charge is 0.0665 e. The third-order valence-electron chi connectivity index (χ3n) is 5.85. The molecule has 0 amide bonds. The van der Waals surface area contributed by atoms with Crippen molar-refractivity contribution < 1.29 is 16.5 Å². The van der Waals surface area contributed by atoms with E-state index in [2.05, 4.69) is 93.6 Å². The zero-order valence-electron chi connectivity index (χ0n) is 22.0. The monoisotopic (exact) mass is 514 g/mol. The molecule has 0 aliphatic rings. The first-order chi connectivity index (χ1) is 16.8. The number of aryl methyl sites for hydroxylation is 2. The summed E-state index contributed by atoms with van der Waals surface area (Å²) in [6.07, 6.45) is 23.3. The Bertz CT molecular complexity index is 940. The van der Waals surface area contributed by atoms with Gasteiger partial charge in [0.1, 0.15) is 0 Å². The van der Waals surface area contributed by atoms with E-state index in [1.807, 2.05) is 6.21 Å². The van der Waals surface area contributed by atoms with E-state index in [1.165, 1.54) is 30.4 Å². The maximum absolute atomic E-state index is 5.12. The summed E-state index contributed by atoms with van der Waals surface area (Å²) in [5.41, 5.74) is 5.83. The van der Waals surface area contributed by atoms with E-state index in [9.17, 15) is 0 Å². The largest absolute Gasteiger partial charge is 0.255 e. The Morgan fingerprint density at radius 1 is 0.686 bits per heavy atom. The van der Waals surface area contributed by atoms with Gasteiger partial charge in [-0.1, -0.05) is 101 Å². The van der Waals surface area contributed by atoms with Crippen molar-refractivity contribution in [3.8, 4) is 0 Å². The summed E-state index contributed by atoms with van der Waals surface area (Å²) in [5.74, 6) is 0. The van der Waals surface area contributed by atoms with Crippen molar-refractivity contribution in [1.82, 2.24) is 0 Å². The summed E-state index contributed by atoms with van der Waals surface area (Å²) >= 11 is 0. The second-order valence-electron chi connectivity index (χ2n) is 8.77. The standard InChI is InChI=1S/C32H44N2.Ni/c1-4-7-10-13-20-28-22-16-18-25-31(28)33-27-30(24-15-12-9-6-3)34-32-26-19-17-23-29(32)21-14-11-8-5-2;/h7-8,10-11,16-19,22-23,25-27H,4-6,9,12-15,20-21,24H2,1-3H3;/b10-7+,11-8+,33-27+,34-30+;. The predicted molar refractivity (Wildman–Crippen MR) is 152 cm³/mol. The van der Waals surface area contributed by atoms with Crippen LogP contribution >= 0.6 is 0 Å². The zero-order chi connectivity index (χ0) is 24.3. The van der Waals surface area contributed by atoms with Gasteiger partial charge in [-0.3, -0.25) is 9.98 Å². The summed E-state index contributed by atoms with van der Waals surface area (Å²) in [6.45, 7) is 6.61. The van der Waals surface area contributed by atoms with Crippen LogP contribution in [0.4, 0.5) is 11.4 Å². The minimum absolute atomic E-state index is 0. The second-order valence-corrected chi connectivity index (χ2v) is 8.77. The van der Waals surface area contributed by atoms with Gasteiger partial charge < -0.3 is 0 Å². The van der Waals surface area contributed by atoms with Crippen LogP contribution in [0.15, 0.2) is 82.8 Å². The maximum Gasteiger partial charge on any atom is 0.0665 e. The van der Waals surface area contributed by atoms with Gasteiger partial charge >= 0.3 is 0 Å². The summed E-state index contributed by atoms with van der Waals surface area (Å²) < 4.78 is 0. The third kappa shape index (κ3) is 12.9. The normalized spacial score (nSPS) is 12.1. The van der Waals surface area contributed by atoms with Crippen LogP contribution in [0.2, 0.25) is 0 Å². The third-order valence-corrected chi connectivity index (χ3v) is 5.85. The van der Waals surface area contributed by atoms with Crippen molar-refractivity contribution >= 4 is 23.3 Å². The van der Waals surface area contributed by atoms with Crippen molar-refractivity contribution in [3.63, 3.8) is 0 Å². The molecule has 3 heteroatoms. The fourth-order valence-electron chi connectivity index (χ4n) is 3.91. The molecule has 0 unspecified atom stereocenters. The molecule has 2 rings (SSSR count). The van der Waals surface area contributed by atoms with Crippen LogP contribution in [-0.2, 0) is 29.3 Å². The molecular formula is C32H44N2Ni. The first kappa shape index (κ1) is 30.8. The van der Waals surface area contributed by atoms with Gasteiger partial charge in [0.05, 0.1) is 17.1 Å². The number of unbranched alkanes of at least 4 members (excludes halogenated alkanes) is 3. The van der Waals surface area contributed by atoms with Crippen LogP contribution in [0, 0.1) is 0 Å². The first-order valence-corrected chi connectivity index (χ1v) is 13.4. The van der Waals surface area contributed by atoms with E-state index in [-0.39, 0.29) is 16.5 Å². The van der Waals surface area contributed by atoms with Gasteiger partial charge in [0.25, 0.3) is 0 Å². The molecule has 2 aromatic carbocycles. The van der Waals surface area contributed by atoms with Crippen LogP contribution in [0.25, 0.3) is 0 Å². The van der Waals surface area contributed by atoms with E-state index in [0.29, 0.717) is 0 Å². The first-order valence-electron chi connectivity index (χ1n) is 13.4. The Labute approximate surface area is 224 Å². The summed E-state index contributed by atoms with van der Waals surface area (Å²) in [7, 11) is 0. The minimum Gasteiger partial charge on any atom is -0.255 e. The van der Waals surface area contributed by atoms with Crippen LogP contribution in [0.3, 0.4) is 0 Å². The Balaban J connectivity index is 0.00000612. The van der Waals surface area contributed by atoms with E-state index in [0.717, 1.165) is 68.5 Å². The molecule has 0 heterocycles. The molecule has 0 fully saturated rings. The summed E-state index contributed by atoms with van der Waals surface area (Å²) in [5, 5.41) is 0. The van der Waals surface area contributed by atoms with Gasteiger partial charge in [-0.2, -0.15) is 0 Å². The van der Waals surface area contributed by atoms with Crippen molar-refractivity contribution in [2.45, 2.75) is 91.4 Å². The molecule has 35 heavy (non-hydrogen) atoms. The Kier molecular flexibility index (Phi) is 17.6. The summed E-state index contributed by atoms with van der Waals surface area (Å²) in [4.78, 5) is 10.0. The van der Waals surface area contributed by atoms with Gasteiger partial charge in [-0.05, 0) is 74.6 Å². The van der Waals surface area contributed by atoms with Crippen molar-refractivity contribution in [2.24, 2.45) is 9.98 Å². The fourth-order valence-corrected chi connectivity index (χ4v) is 3.91. The predicted octanol–water partition coefficient (Wildman–Crippen LogP) is 9.93. The number of rotatable bonds is 16. The summed E-state index contributed by atoms with van der Waals surface area (Å²) in [6, 6.07) is 17.1. The topological polar surface area (TPSA) is 24.7 Å². The molecule has 0 saturated heterocycles. The number of allylic oxidation sites excluding steroid dienone is 4. The number of hydrogen-bond acceptors (Lipinski definition) is 2. The minimum atomic E-state index is 0. The molecule has 0 atom stereocenters. The molecule has 0 N–H and O–H groups in total. The Morgan fingerprint density at radius 3 is 1.86 bits per heavy atom. The number of benzene rings is 2. The number of hydrogen-bond donors (Lipinski definition) is 0. The SMILES string of the molecule is CC/C=C/CCc1ccccc1/N=C/C(CCCCCC)=N/c1ccccc1CC/C=C/CC.[Ni]. The average Bonchev–Trinajstić information content (AvgIpc) is 2.87. The van der Waals surface area contributed by atoms with E-state index < -0.39 is 0 Å². The Morgan fingerprint density at radius 2 is 1.26 bits per heavy atom. The molecular weight excluding hydrogens is 471 g/mol. The van der Waals surface area contributed by atoms with Crippen LogP contribution < -0.4 is 0 Å². The fraction of sp³-hybridized carbons (Fsp3) is 0.438. The van der Waals surface area contributed by atoms with Crippen molar-refractivity contribution in [1.29, 1.82) is 0 Å². The van der Waals surface area contributed by atoms with E-state index >= 15 is 0 Å². The van der Waals surface area contributed by atoms with Gasteiger partial charge in [0.2, 0.25) is 0 Å². The van der Waals surface area contributed by atoms with Crippen molar-refractivity contribution in [3.05, 3.63) is 84.0 Å². The molecule has 0 aliphatic heterocycles. The van der Waals surface area contributed by atoms with Gasteiger partial charge in [-0.15, -0.1) is 0 Å². The maximum atomic E-state index is 5.12. The van der Waals surface area contributed by atoms with Crippen molar-refractivity contribution in [2.75, 3.05) is 0 Å². The second kappa shape index (κ2) is 20.0. The molecule has 0 saturated carbocycles. The zero-order valence-corrected chi connectivity index (χ0v) is 23.0. The number of para-hydroxylation sites is 2. The van der Waals surface area contributed by atoms with Crippen LogP contribution in [0.5, 0.6) is 0 Å². The number of aliphatic imine (C=N–C) groups is 2. The average molecular weight is 515 g/mol. The molecule has 2 aromatic rings. The van der Waals surface area contributed by atoms with Gasteiger partial charge in [0.15, 0.2) is 0 Å². The van der Waals surface area contributed by atoms with Gasteiger partial charge in [-0.25, -0.2) is 0 Å². The molecule has 0 aliphatic carbocycles. The van der Waals surface area contributed by atoms with Crippen LogP contribution in [0.1, 0.15) is 89.7 Å². The van der Waals surface area contributed by atoms with Gasteiger partial charge in [0, 0.05) is 22.7 Å². The molecule has 0 aromatic heterocycles. The van der Waals surface area contributed by atoms with E-state index in [1.54, 1.807) is 0 Å².